The molecule has 148 valence electrons. The zero-order valence-corrected chi connectivity index (χ0v) is 17.3. The minimum atomic E-state index is -1.11. The summed E-state index contributed by atoms with van der Waals surface area (Å²) in [5.74, 6) is -0.866. The van der Waals surface area contributed by atoms with Crippen molar-refractivity contribution in [2.45, 2.75) is 26.7 Å². The van der Waals surface area contributed by atoms with Crippen LogP contribution in [0, 0.1) is 0 Å². The summed E-state index contributed by atoms with van der Waals surface area (Å²) in [5, 5.41) is 14.4. The molecular weight excluding hydrogens is 398 g/mol. The normalized spacial score (nSPS) is 12.5. The molecule has 1 amide bonds. The SMILES string of the molecule is CC.O=C(COC1=CCCC=C1)Nc1csc(-c2ccc(Cl)cc2)c1C(=O)O. The molecule has 0 atom stereocenters. The smallest absolute Gasteiger partial charge is 0.339 e. The van der Waals surface area contributed by atoms with Crippen molar-refractivity contribution in [2.24, 2.45) is 0 Å². The summed E-state index contributed by atoms with van der Waals surface area (Å²) >= 11 is 7.13. The van der Waals surface area contributed by atoms with Crippen LogP contribution in [0.4, 0.5) is 5.69 Å². The average Bonchev–Trinajstić information content (AvgIpc) is 3.13. The Labute approximate surface area is 173 Å². The Morgan fingerprint density at radius 2 is 1.93 bits per heavy atom. The van der Waals surface area contributed by atoms with Crippen LogP contribution in [0.15, 0.2) is 53.6 Å². The van der Waals surface area contributed by atoms with Crippen molar-refractivity contribution in [2.75, 3.05) is 11.9 Å². The van der Waals surface area contributed by atoms with E-state index in [0.29, 0.717) is 15.7 Å². The number of nitrogens with one attached hydrogen (secondary N) is 1. The van der Waals surface area contributed by atoms with Crippen molar-refractivity contribution >= 4 is 40.5 Å². The Morgan fingerprint density at radius 1 is 1.21 bits per heavy atom. The van der Waals surface area contributed by atoms with Crippen molar-refractivity contribution in [3.63, 3.8) is 0 Å². The number of carbonyl (C=O) groups is 2. The summed E-state index contributed by atoms with van der Waals surface area (Å²) in [7, 11) is 0. The predicted molar refractivity (Wildman–Crippen MR) is 114 cm³/mol. The second-order valence-corrected chi connectivity index (χ2v) is 6.90. The molecule has 3 rings (SSSR count). The Morgan fingerprint density at radius 3 is 2.54 bits per heavy atom. The Hall–Kier alpha value is -2.57. The van der Waals surface area contributed by atoms with E-state index in [9.17, 15) is 14.7 Å². The van der Waals surface area contributed by atoms with Gasteiger partial charge in [0.15, 0.2) is 6.61 Å². The topological polar surface area (TPSA) is 75.6 Å². The number of hydrogen-bond acceptors (Lipinski definition) is 4. The van der Waals surface area contributed by atoms with E-state index < -0.39 is 11.9 Å². The molecule has 1 heterocycles. The first kappa shape index (κ1) is 21.7. The van der Waals surface area contributed by atoms with Gasteiger partial charge < -0.3 is 15.2 Å². The van der Waals surface area contributed by atoms with E-state index in [2.05, 4.69) is 5.32 Å². The van der Waals surface area contributed by atoms with E-state index in [1.54, 1.807) is 29.6 Å². The zero-order valence-electron chi connectivity index (χ0n) is 15.7. The third-order valence-electron chi connectivity index (χ3n) is 3.72. The number of halogens is 1. The first-order valence-corrected chi connectivity index (χ1v) is 10.2. The Bertz CT molecular complexity index is 884. The van der Waals surface area contributed by atoms with Gasteiger partial charge in [-0.15, -0.1) is 11.3 Å². The van der Waals surface area contributed by atoms with Crippen LogP contribution in [0.25, 0.3) is 10.4 Å². The van der Waals surface area contributed by atoms with Gasteiger partial charge in [0.2, 0.25) is 0 Å². The van der Waals surface area contributed by atoms with E-state index in [0.717, 1.165) is 18.4 Å². The molecular formula is C21H22ClNO4S. The van der Waals surface area contributed by atoms with Gasteiger partial charge in [0.1, 0.15) is 11.3 Å². The molecule has 28 heavy (non-hydrogen) atoms. The second kappa shape index (κ2) is 10.7. The molecule has 0 spiro atoms. The van der Waals surface area contributed by atoms with Gasteiger partial charge in [0.05, 0.1) is 10.6 Å². The average molecular weight is 420 g/mol. The van der Waals surface area contributed by atoms with Crippen LogP contribution in [0.3, 0.4) is 0 Å². The standard InChI is InChI=1S/C19H16ClNO4S.C2H6/c20-13-8-6-12(7-9-13)18-17(19(23)24)15(11-26-18)21-16(22)10-25-14-4-2-1-3-5-14;1-2/h2,4-9,11H,1,3,10H2,(H,21,22)(H,23,24);1-2H3. The van der Waals surface area contributed by atoms with Crippen LogP contribution in [-0.2, 0) is 9.53 Å². The summed E-state index contributed by atoms with van der Waals surface area (Å²) in [6, 6.07) is 6.88. The zero-order chi connectivity index (χ0) is 20.5. The molecule has 0 aliphatic heterocycles. The van der Waals surface area contributed by atoms with E-state index in [1.165, 1.54) is 11.3 Å². The van der Waals surface area contributed by atoms with Crippen molar-refractivity contribution in [3.05, 3.63) is 64.2 Å². The Kier molecular flexibility index (Phi) is 8.29. The minimum Gasteiger partial charge on any atom is -0.484 e. The number of thiophene rings is 1. The van der Waals surface area contributed by atoms with Gasteiger partial charge in [-0.25, -0.2) is 4.79 Å². The van der Waals surface area contributed by atoms with Crippen molar-refractivity contribution < 1.29 is 19.4 Å². The summed E-state index contributed by atoms with van der Waals surface area (Å²) in [4.78, 5) is 24.4. The van der Waals surface area contributed by atoms with Crippen LogP contribution in [0.5, 0.6) is 0 Å². The molecule has 0 unspecified atom stereocenters. The van der Waals surface area contributed by atoms with E-state index in [-0.39, 0.29) is 17.9 Å². The number of hydrogen-bond donors (Lipinski definition) is 2. The molecule has 1 aliphatic rings. The predicted octanol–water partition coefficient (Wildman–Crippen LogP) is 5.98. The lowest BCUT2D eigenvalue weighted by Crippen LogP contribution is -2.19. The maximum absolute atomic E-state index is 12.1. The number of ether oxygens (including phenoxy) is 1. The van der Waals surface area contributed by atoms with Gasteiger partial charge in [0.25, 0.3) is 5.91 Å². The van der Waals surface area contributed by atoms with Crippen LogP contribution < -0.4 is 5.32 Å². The second-order valence-electron chi connectivity index (χ2n) is 5.59. The number of amides is 1. The third kappa shape index (κ3) is 5.71. The number of carbonyl (C=O) groups excluding carboxylic acids is 1. The largest absolute Gasteiger partial charge is 0.484 e. The van der Waals surface area contributed by atoms with Gasteiger partial charge in [-0.2, -0.15) is 0 Å². The first-order chi connectivity index (χ1) is 13.5. The van der Waals surface area contributed by atoms with Crippen molar-refractivity contribution in [1.29, 1.82) is 0 Å². The highest BCUT2D eigenvalue weighted by Gasteiger charge is 2.21. The number of carboxylic acids is 1. The molecule has 0 fully saturated rings. The van der Waals surface area contributed by atoms with Crippen molar-refractivity contribution in [1.82, 2.24) is 0 Å². The van der Waals surface area contributed by atoms with Gasteiger partial charge >= 0.3 is 5.97 Å². The molecule has 2 N–H and O–H groups in total. The number of benzene rings is 1. The van der Waals surface area contributed by atoms with Crippen LogP contribution >= 0.6 is 22.9 Å². The van der Waals surface area contributed by atoms with Crippen molar-refractivity contribution in [3.8, 4) is 10.4 Å². The van der Waals surface area contributed by atoms with Crippen LogP contribution in [0.2, 0.25) is 5.02 Å². The lowest BCUT2D eigenvalue weighted by Gasteiger charge is -2.10. The number of rotatable bonds is 6. The molecule has 5 nitrogen and oxygen atoms in total. The van der Waals surface area contributed by atoms with Gasteiger partial charge in [-0.3, -0.25) is 4.79 Å². The lowest BCUT2D eigenvalue weighted by molar-refractivity contribution is -0.119. The van der Waals surface area contributed by atoms with Gasteiger partial charge in [0, 0.05) is 10.4 Å². The van der Waals surface area contributed by atoms with Gasteiger partial charge in [-0.1, -0.05) is 43.7 Å². The maximum Gasteiger partial charge on any atom is 0.339 e. The molecule has 1 aliphatic carbocycles. The number of carboxylic acid groups (broad SMARTS) is 1. The molecule has 0 radical (unpaired) electrons. The van der Waals surface area contributed by atoms with Crippen LogP contribution in [-0.4, -0.2) is 23.6 Å². The quantitative estimate of drug-likeness (QED) is 0.603. The lowest BCUT2D eigenvalue weighted by atomic mass is 10.1. The molecule has 0 bridgehead atoms. The first-order valence-electron chi connectivity index (χ1n) is 8.94. The van der Waals surface area contributed by atoms with E-state index >= 15 is 0 Å². The summed E-state index contributed by atoms with van der Waals surface area (Å²) in [6.45, 7) is 3.82. The van der Waals surface area contributed by atoms with Gasteiger partial charge in [-0.05, 0) is 42.7 Å². The fourth-order valence-electron chi connectivity index (χ4n) is 2.51. The molecule has 7 heteroatoms. The monoisotopic (exact) mass is 419 g/mol. The fraction of sp³-hybridized carbons (Fsp3) is 0.238. The minimum absolute atomic E-state index is 0.0578. The molecule has 2 aromatic rings. The summed E-state index contributed by atoms with van der Waals surface area (Å²) in [5.41, 5.74) is 1.04. The highest BCUT2D eigenvalue weighted by molar-refractivity contribution is 7.14. The maximum atomic E-state index is 12.1. The molecule has 1 aromatic carbocycles. The summed E-state index contributed by atoms with van der Waals surface area (Å²) in [6.07, 6.45) is 7.56. The van der Waals surface area contributed by atoms with E-state index in [1.807, 2.05) is 32.1 Å². The third-order valence-corrected chi connectivity index (χ3v) is 5.00. The fourth-order valence-corrected chi connectivity index (χ4v) is 3.63. The van der Waals surface area contributed by atoms with Crippen LogP contribution in [0.1, 0.15) is 37.0 Å². The summed E-state index contributed by atoms with van der Waals surface area (Å²) < 4.78 is 5.43. The number of allylic oxidation sites excluding steroid dienone is 3. The Balaban J connectivity index is 0.00000136. The van der Waals surface area contributed by atoms with E-state index in [4.69, 9.17) is 16.3 Å². The number of aromatic carboxylic acids is 1. The molecule has 0 saturated heterocycles. The molecule has 0 saturated carbocycles. The highest BCUT2D eigenvalue weighted by atomic mass is 35.5. The molecule has 1 aromatic heterocycles. The number of anilines is 1. The highest BCUT2D eigenvalue weighted by Crippen LogP contribution is 2.36.